The molecule has 0 aliphatic rings. The lowest BCUT2D eigenvalue weighted by Crippen LogP contribution is -2.10. The van der Waals surface area contributed by atoms with Crippen molar-refractivity contribution in [2.45, 2.75) is 0 Å². The highest BCUT2D eigenvalue weighted by molar-refractivity contribution is 7.27. The molecule has 2 aromatic heterocycles. The molecule has 11 aromatic rings. The fourth-order valence-electron chi connectivity index (χ4n) is 8.15. The standard InChI is InChI=1S/C52H33NS2/c1-2-10-34(11-3-1)35-20-26-40(27-21-35)53(42-14-8-13-39(32-42)44-17-9-18-47-45-16-6-7-19-49(45)54-52(44)47)41-28-22-36(23-29-41)38-25-30-46-48-31-24-37-12-4-5-15-43(37)51(48)55-50(46)33-38/h1-33H. The first-order valence-corrected chi connectivity index (χ1v) is 20.3. The Hall–Kier alpha value is -6.52. The van der Waals surface area contributed by atoms with Crippen LogP contribution in [-0.4, -0.2) is 0 Å². The summed E-state index contributed by atoms with van der Waals surface area (Å²) in [5.74, 6) is 0. The highest BCUT2D eigenvalue weighted by Crippen LogP contribution is 2.44. The molecule has 0 aliphatic heterocycles. The van der Waals surface area contributed by atoms with E-state index in [1.54, 1.807) is 0 Å². The first-order valence-electron chi connectivity index (χ1n) is 18.7. The van der Waals surface area contributed by atoms with Crippen LogP contribution in [-0.2, 0) is 0 Å². The molecule has 0 saturated heterocycles. The molecule has 0 unspecified atom stereocenters. The van der Waals surface area contributed by atoms with Gasteiger partial charge in [-0.2, -0.15) is 0 Å². The second-order valence-electron chi connectivity index (χ2n) is 14.1. The van der Waals surface area contributed by atoms with Crippen LogP contribution in [0.4, 0.5) is 17.1 Å². The van der Waals surface area contributed by atoms with Crippen LogP contribution < -0.4 is 4.90 Å². The second kappa shape index (κ2) is 13.1. The van der Waals surface area contributed by atoms with Crippen LogP contribution in [0.2, 0.25) is 0 Å². The fourth-order valence-corrected chi connectivity index (χ4v) is 10.7. The van der Waals surface area contributed by atoms with Gasteiger partial charge in [0.1, 0.15) is 0 Å². The minimum atomic E-state index is 1.11. The summed E-state index contributed by atoms with van der Waals surface area (Å²) < 4.78 is 5.33. The second-order valence-corrected chi connectivity index (χ2v) is 16.2. The summed E-state index contributed by atoms with van der Waals surface area (Å²) in [5, 5.41) is 7.91. The molecule has 3 heteroatoms. The minimum Gasteiger partial charge on any atom is -0.310 e. The van der Waals surface area contributed by atoms with Crippen LogP contribution in [0.25, 0.3) is 84.5 Å². The van der Waals surface area contributed by atoms with E-state index in [0.717, 1.165) is 17.1 Å². The first kappa shape index (κ1) is 32.0. The van der Waals surface area contributed by atoms with Crippen LogP contribution in [0.3, 0.4) is 0 Å². The molecule has 0 atom stereocenters. The molecule has 0 N–H and O–H groups in total. The number of anilines is 3. The summed E-state index contributed by atoms with van der Waals surface area (Å²) in [7, 11) is 0. The number of nitrogens with zero attached hydrogens (tertiary/aromatic N) is 1. The highest BCUT2D eigenvalue weighted by Gasteiger charge is 2.17. The zero-order chi connectivity index (χ0) is 36.3. The average molecular weight is 736 g/mol. The minimum absolute atomic E-state index is 1.11. The predicted octanol–water partition coefficient (Wildman–Crippen LogP) is 16.0. The molecule has 0 radical (unpaired) electrons. The van der Waals surface area contributed by atoms with Crippen molar-refractivity contribution in [3.8, 4) is 33.4 Å². The average Bonchev–Trinajstić information content (AvgIpc) is 3.83. The topological polar surface area (TPSA) is 3.24 Å². The molecule has 9 aromatic carbocycles. The van der Waals surface area contributed by atoms with Crippen LogP contribution in [0, 0.1) is 0 Å². The Balaban J connectivity index is 1.00. The van der Waals surface area contributed by atoms with Crippen molar-refractivity contribution in [2.24, 2.45) is 0 Å². The summed E-state index contributed by atoms with van der Waals surface area (Å²) in [6, 6.07) is 73.3. The van der Waals surface area contributed by atoms with Crippen molar-refractivity contribution in [3.63, 3.8) is 0 Å². The Morgan fingerprint density at radius 2 is 0.855 bits per heavy atom. The maximum Gasteiger partial charge on any atom is 0.0467 e. The molecule has 258 valence electrons. The van der Waals surface area contributed by atoms with E-state index in [0.29, 0.717) is 0 Å². The van der Waals surface area contributed by atoms with Gasteiger partial charge in [-0.1, -0.05) is 152 Å². The van der Waals surface area contributed by atoms with E-state index >= 15 is 0 Å². The number of rotatable bonds is 6. The van der Waals surface area contributed by atoms with Crippen molar-refractivity contribution in [1.29, 1.82) is 0 Å². The van der Waals surface area contributed by atoms with Crippen molar-refractivity contribution in [1.82, 2.24) is 0 Å². The normalized spacial score (nSPS) is 11.6. The van der Waals surface area contributed by atoms with Gasteiger partial charge in [0.05, 0.1) is 0 Å². The Morgan fingerprint density at radius 3 is 1.67 bits per heavy atom. The number of benzene rings is 9. The van der Waals surface area contributed by atoms with Gasteiger partial charge in [0.2, 0.25) is 0 Å². The van der Waals surface area contributed by atoms with Crippen LogP contribution in [0.5, 0.6) is 0 Å². The van der Waals surface area contributed by atoms with Crippen LogP contribution in [0.15, 0.2) is 200 Å². The molecule has 11 rings (SSSR count). The molecule has 0 bridgehead atoms. The van der Waals surface area contributed by atoms with E-state index in [2.05, 4.69) is 205 Å². The summed E-state index contributed by atoms with van der Waals surface area (Å²) in [4.78, 5) is 2.38. The van der Waals surface area contributed by atoms with Crippen LogP contribution in [0.1, 0.15) is 0 Å². The first-order chi connectivity index (χ1) is 27.2. The third kappa shape index (κ3) is 5.51. The van der Waals surface area contributed by atoms with Crippen molar-refractivity contribution < 1.29 is 0 Å². The molecule has 0 fully saturated rings. The van der Waals surface area contributed by atoms with Crippen molar-refractivity contribution in [2.75, 3.05) is 4.90 Å². The maximum atomic E-state index is 2.38. The molecule has 0 spiro atoms. The van der Waals surface area contributed by atoms with Crippen LogP contribution >= 0.6 is 22.7 Å². The Kier molecular flexibility index (Phi) is 7.61. The largest absolute Gasteiger partial charge is 0.310 e. The number of thiophene rings is 2. The van der Waals surface area contributed by atoms with Gasteiger partial charge in [-0.3, -0.25) is 0 Å². The van der Waals surface area contributed by atoms with Crippen molar-refractivity contribution in [3.05, 3.63) is 200 Å². The smallest absolute Gasteiger partial charge is 0.0467 e. The van der Waals surface area contributed by atoms with Gasteiger partial charge < -0.3 is 4.90 Å². The summed E-state index contributed by atoms with van der Waals surface area (Å²) >= 11 is 3.77. The number of hydrogen-bond donors (Lipinski definition) is 0. The fraction of sp³-hybridized carbons (Fsp3) is 0. The van der Waals surface area contributed by atoms with Gasteiger partial charge in [-0.15, -0.1) is 22.7 Å². The molecule has 0 aliphatic carbocycles. The zero-order valence-electron chi connectivity index (χ0n) is 29.8. The van der Waals surface area contributed by atoms with E-state index in [1.165, 1.54) is 84.5 Å². The van der Waals surface area contributed by atoms with E-state index in [9.17, 15) is 0 Å². The molecule has 0 amide bonds. The molecular formula is C52H33NS2. The summed E-state index contributed by atoms with van der Waals surface area (Å²) in [6.45, 7) is 0. The van der Waals surface area contributed by atoms with Gasteiger partial charge in [0.25, 0.3) is 0 Å². The van der Waals surface area contributed by atoms with E-state index in [4.69, 9.17) is 0 Å². The zero-order valence-corrected chi connectivity index (χ0v) is 31.4. The Morgan fingerprint density at radius 1 is 0.291 bits per heavy atom. The van der Waals surface area contributed by atoms with Gasteiger partial charge in [-0.05, 0) is 92.7 Å². The van der Waals surface area contributed by atoms with E-state index in [-0.39, 0.29) is 0 Å². The van der Waals surface area contributed by atoms with Gasteiger partial charge in [-0.25, -0.2) is 0 Å². The number of fused-ring (bicyclic) bond motifs is 8. The molecule has 2 heterocycles. The van der Waals surface area contributed by atoms with Gasteiger partial charge in [0.15, 0.2) is 0 Å². The highest BCUT2D eigenvalue weighted by atomic mass is 32.1. The lowest BCUT2D eigenvalue weighted by Gasteiger charge is -2.26. The quantitative estimate of drug-likeness (QED) is 0.164. The molecule has 1 nitrogen and oxygen atoms in total. The maximum absolute atomic E-state index is 2.38. The third-order valence-electron chi connectivity index (χ3n) is 10.9. The third-order valence-corrected chi connectivity index (χ3v) is 13.3. The lowest BCUT2D eigenvalue weighted by molar-refractivity contribution is 1.28. The molecular weight excluding hydrogens is 703 g/mol. The lowest BCUT2D eigenvalue weighted by atomic mass is 10.0. The van der Waals surface area contributed by atoms with Crippen molar-refractivity contribution >= 4 is 90.9 Å². The molecule has 0 saturated carbocycles. The monoisotopic (exact) mass is 735 g/mol. The van der Waals surface area contributed by atoms with E-state index < -0.39 is 0 Å². The SMILES string of the molecule is c1ccc(-c2ccc(N(c3ccc(-c4ccc5c(c4)sc4c6ccccc6ccc54)cc3)c3cccc(-c4cccc5c4sc4ccccc45)c3)cc2)cc1. The Labute approximate surface area is 327 Å². The van der Waals surface area contributed by atoms with Gasteiger partial charge in [0, 0.05) is 57.4 Å². The Bertz CT molecular complexity index is 3190. The summed E-state index contributed by atoms with van der Waals surface area (Å²) in [5.41, 5.74) is 10.7. The number of hydrogen-bond acceptors (Lipinski definition) is 3. The predicted molar refractivity (Wildman–Crippen MR) is 241 cm³/mol. The van der Waals surface area contributed by atoms with E-state index in [1.807, 2.05) is 22.7 Å². The summed E-state index contributed by atoms with van der Waals surface area (Å²) in [6.07, 6.45) is 0. The van der Waals surface area contributed by atoms with Gasteiger partial charge >= 0.3 is 0 Å². The molecule has 55 heavy (non-hydrogen) atoms.